The van der Waals surface area contributed by atoms with Crippen LogP contribution in [0, 0.1) is 0 Å². The molecule has 0 aromatic heterocycles. The standard InChI is InChI=1S/C20H20ClN5O4/c1-29-16-8-7-12(9-17(16)30-2)11-22-26-20-24-15(19(28)25-20)10-18(27)23-14-6-4-3-5-13(14)21/h3-9,11,15H,10H2,1-2H3,(H,23,27)(H2,24,25,26,28)/b22-11-/t15-/m1/s1. The van der Waals surface area contributed by atoms with E-state index < -0.39 is 11.9 Å². The first kappa shape index (κ1) is 21.1. The average Bonchev–Trinajstić information content (AvgIpc) is 3.08. The molecule has 0 saturated carbocycles. The number of guanidine groups is 1. The quantitative estimate of drug-likeness (QED) is 0.461. The predicted molar refractivity (Wildman–Crippen MR) is 114 cm³/mol. The molecule has 0 saturated heterocycles. The maximum atomic E-state index is 12.2. The highest BCUT2D eigenvalue weighted by Crippen LogP contribution is 2.26. The summed E-state index contributed by atoms with van der Waals surface area (Å²) in [4.78, 5) is 28.4. The van der Waals surface area contributed by atoms with Gasteiger partial charge in [0.05, 0.1) is 37.6 Å². The van der Waals surface area contributed by atoms with E-state index in [1.807, 2.05) is 0 Å². The fourth-order valence-electron chi connectivity index (χ4n) is 2.68. The minimum Gasteiger partial charge on any atom is -0.493 e. The number of anilines is 1. The van der Waals surface area contributed by atoms with Crippen LogP contribution in [0.4, 0.5) is 5.69 Å². The molecule has 1 aliphatic heterocycles. The summed E-state index contributed by atoms with van der Waals surface area (Å²) in [6.07, 6.45) is 1.41. The number of benzene rings is 2. The molecule has 2 aromatic rings. The number of nitrogens with zero attached hydrogens (tertiary/aromatic N) is 2. The van der Waals surface area contributed by atoms with Crippen molar-refractivity contribution in [1.82, 2.24) is 10.7 Å². The average molecular weight is 430 g/mol. The molecule has 0 aliphatic carbocycles. The number of rotatable bonds is 7. The second-order valence-corrected chi connectivity index (χ2v) is 6.61. The van der Waals surface area contributed by atoms with Crippen LogP contribution in [0.2, 0.25) is 5.02 Å². The Bertz CT molecular complexity index is 1010. The summed E-state index contributed by atoms with van der Waals surface area (Å²) in [7, 11) is 3.10. The van der Waals surface area contributed by atoms with Gasteiger partial charge in [-0.15, -0.1) is 0 Å². The molecule has 156 valence electrons. The number of hydrogen-bond donors (Lipinski definition) is 3. The molecule has 0 spiro atoms. The topological polar surface area (TPSA) is 113 Å². The van der Waals surface area contributed by atoms with Crippen molar-refractivity contribution in [1.29, 1.82) is 0 Å². The lowest BCUT2D eigenvalue weighted by molar-refractivity contribution is -0.123. The highest BCUT2D eigenvalue weighted by molar-refractivity contribution is 6.33. The Kier molecular flexibility index (Phi) is 6.87. The molecular formula is C20H20ClN5O4. The Balaban J connectivity index is 1.57. The lowest BCUT2D eigenvalue weighted by atomic mass is 10.2. The van der Waals surface area contributed by atoms with Gasteiger partial charge in [0.25, 0.3) is 5.91 Å². The first-order valence-corrected chi connectivity index (χ1v) is 9.32. The molecule has 9 nitrogen and oxygen atoms in total. The van der Waals surface area contributed by atoms with E-state index in [-0.39, 0.29) is 18.3 Å². The van der Waals surface area contributed by atoms with Crippen LogP contribution in [0.1, 0.15) is 12.0 Å². The molecule has 0 fully saturated rings. The van der Waals surface area contributed by atoms with Crippen LogP contribution in [0.25, 0.3) is 0 Å². The zero-order valence-corrected chi connectivity index (χ0v) is 17.1. The highest BCUT2D eigenvalue weighted by Gasteiger charge is 2.28. The summed E-state index contributed by atoms with van der Waals surface area (Å²) >= 11 is 6.02. The number of hydrogen-bond acceptors (Lipinski definition) is 7. The summed E-state index contributed by atoms with van der Waals surface area (Å²) < 4.78 is 10.4. The number of hydrazone groups is 1. The van der Waals surface area contributed by atoms with Gasteiger partial charge in [-0.3, -0.25) is 14.9 Å². The summed E-state index contributed by atoms with van der Waals surface area (Å²) in [5, 5.41) is 9.67. The molecule has 3 rings (SSSR count). The van der Waals surface area contributed by atoms with Crippen molar-refractivity contribution < 1.29 is 19.1 Å². The van der Waals surface area contributed by atoms with Crippen molar-refractivity contribution in [3.8, 4) is 11.5 Å². The number of para-hydroxylation sites is 1. The molecule has 0 unspecified atom stereocenters. The first-order valence-electron chi connectivity index (χ1n) is 8.94. The third kappa shape index (κ3) is 5.26. The van der Waals surface area contributed by atoms with Gasteiger partial charge in [0.15, 0.2) is 11.5 Å². The number of methoxy groups -OCH3 is 2. The van der Waals surface area contributed by atoms with Crippen molar-refractivity contribution in [2.75, 3.05) is 19.5 Å². The maximum absolute atomic E-state index is 12.2. The van der Waals surface area contributed by atoms with E-state index in [0.29, 0.717) is 22.2 Å². The number of halogens is 1. The SMILES string of the molecule is COc1ccc(/C=N\NC2=N[C@H](CC(=O)Nc3ccccc3Cl)C(=O)N2)cc1OC. The first-order chi connectivity index (χ1) is 14.5. The van der Waals surface area contributed by atoms with Crippen molar-refractivity contribution in [3.63, 3.8) is 0 Å². The summed E-state index contributed by atoms with van der Waals surface area (Å²) in [6.45, 7) is 0. The van der Waals surface area contributed by atoms with Crippen molar-refractivity contribution >= 4 is 41.3 Å². The van der Waals surface area contributed by atoms with E-state index in [4.69, 9.17) is 21.1 Å². The van der Waals surface area contributed by atoms with Crippen LogP contribution in [0.3, 0.4) is 0 Å². The van der Waals surface area contributed by atoms with Gasteiger partial charge in [0.2, 0.25) is 11.9 Å². The molecule has 1 aliphatic rings. The molecule has 30 heavy (non-hydrogen) atoms. The monoisotopic (exact) mass is 429 g/mol. The highest BCUT2D eigenvalue weighted by atomic mass is 35.5. The number of carbonyl (C=O) groups is 2. The molecule has 1 heterocycles. The van der Waals surface area contributed by atoms with E-state index in [1.54, 1.807) is 56.7 Å². The van der Waals surface area contributed by atoms with Gasteiger partial charge >= 0.3 is 0 Å². The van der Waals surface area contributed by atoms with Gasteiger partial charge in [-0.2, -0.15) is 5.10 Å². The molecule has 10 heteroatoms. The van der Waals surface area contributed by atoms with Crippen molar-refractivity contribution in [3.05, 3.63) is 53.1 Å². The van der Waals surface area contributed by atoms with Crippen LogP contribution in [0.15, 0.2) is 52.6 Å². The van der Waals surface area contributed by atoms with Gasteiger partial charge in [-0.1, -0.05) is 23.7 Å². The normalized spacial score (nSPS) is 15.5. The Labute approximate surface area is 178 Å². The minimum atomic E-state index is -0.855. The van der Waals surface area contributed by atoms with E-state index in [2.05, 4.69) is 26.2 Å². The van der Waals surface area contributed by atoms with Gasteiger partial charge in [0.1, 0.15) is 6.04 Å². The lowest BCUT2D eigenvalue weighted by Crippen LogP contribution is -2.35. The Morgan fingerprint density at radius 2 is 2.00 bits per heavy atom. The predicted octanol–water partition coefficient (Wildman–Crippen LogP) is 2.16. The van der Waals surface area contributed by atoms with Crippen LogP contribution in [0.5, 0.6) is 11.5 Å². The van der Waals surface area contributed by atoms with Gasteiger partial charge < -0.3 is 14.8 Å². The third-order valence-electron chi connectivity index (χ3n) is 4.15. The Morgan fingerprint density at radius 1 is 1.23 bits per heavy atom. The minimum absolute atomic E-state index is 0.123. The Morgan fingerprint density at radius 3 is 2.73 bits per heavy atom. The van der Waals surface area contributed by atoms with Crippen molar-refractivity contribution in [2.45, 2.75) is 12.5 Å². The van der Waals surface area contributed by atoms with Crippen LogP contribution in [-0.2, 0) is 9.59 Å². The fraction of sp³-hybridized carbons (Fsp3) is 0.200. The molecule has 1 atom stereocenters. The zero-order valence-electron chi connectivity index (χ0n) is 16.3. The number of nitrogens with one attached hydrogen (secondary N) is 3. The van der Waals surface area contributed by atoms with E-state index in [1.165, 1.54) is 6.21 Å². The summed E-state index contributed by atoms with van der Waals surface area (Å²) in [6, 6.07) is 11.3. The van der Waals surface area contributed by atoms with E-state index in [0.717, 1.165) is 5.56 Å². The maximum Gasteiger partial charge on any atom is 0.252 e. The molecule has 2 aromatic carbocycles. The fourth-order valence-corrected chi connectivity index (χ4v) is 2.87. The van der Waals surface area contributed by atoms with Crippen LogP contribution >= 0.6 is 11.6 Å². The van der Waals surface area contributed by atoms with Crippen LogP contribution < -0.4 is 25.5 Å². The van der Waals surface area contributed by atoms with Gasteiger partial charge in [-0.25, -0.2) is 10.4 Å². The zero-order chi connectivity index (χ0) is 21.5. The summed E-state index contributed by atoms with van der Waals surface area (Å²) in [5.74, 6) is 0.563. The number of amides is 2. The molecule has 2 amide bonds. The largest absolute Gasteiger partial charge is 0.493 e. The number of ether oxygens (including phenoxy) is 2. The van der Waals surface area contributed by atoms with E-state index >= 15 is 0 Å². The third-order valence-corrected chi connectivity index (χ3v) is 4.48. The summed E-state index contributed by atoms with van der Waals surface area (Å²) in [5.41, 5.74) is 3.88. The van der Waals surface area contributed by atoms with Gasteiger partial charge in [-0.05, 0) is 35.9 Å². The Hall–Kier alpha value is -3.59. The van der Waals surface area contributed by atoms with Gasteiger partial charge in [0, 0.05) is 0 Å². The number of aliphatic imine (C=N–C) groups is 1. The number of carbonyl (C=O) groups excluding carboxylic acids is 2. The molecule has 0 radical (unpaired) electrons. The van der Waals surface area contributed by atoms with Crippen molar-refractivity contribution in [2.24, 2.45) is 10.1 Å². The van der Waals surface area contributed by atoms with E-state index in [9.17, 15) is 9.59 Å². The second kappa shape index (κ2) is 9.75. The molecule has 0 bridgehead atoms. The molecular weight excluding hydrogens is 410 g/mol. The molecule has 3 N–H and O–H groups in total. The smallest absolute Gasteiger partial charge is 0.252 e. The second-order valence-electron chi connectivity index (χ2n) is 6.20. The lowest BCUT2D eigenvalue weighted by Gasteiger charge is -2.08. The van der Waals surface area contributed by atoms with Crippen LogP contribution in [-0.4, -0.2) is 44.2 Å².